The van der Waals surface area contributed by atoms with Crippen molar-refractivity contribution in [2.24, 2.45) is 0 Å². The number of thiophene rings is 1. The molecule has 3 heteroatoms. The van der Waals surface area contributed by atoms with Crippen LogP contribution in [-0.4, -0.2) is 9.55 Å². The van der Waals surface area contributed by atoms with Crippen LogP contribution < -0.4 is 0 Å². The SMILES string of the molecule is C1=C(c2ccc3sc4ccccc4c3c2)CCc2c1c1ccccc1n2-c1ccc2c3c(cccc13)-c1cc(-c3ccccn3)ccc1-2. The van der Waals surface area contributed by atoms with E-state index in [9.17, 15) is 0 Å². The van der Waals surface area contributed by atoms with Crippen molar-refractivity contribution in [1.29, 1.82) is 0 Å². The van der Waals surface area contributed by atoms with E-state index < -0.39 is 0 Å². The number of pyridine rings is 1. The highest BCUT2D eigenvalue weighted by molar-refractivity contribution is 7.25. The van der Waals surface area contributed by atoms with Crippen LogP contribution in [0.5, 0.6) is 0 Å². The number of allylic oxidation sites excluding steroid dienone is 1. The Morgan fingerprint density at radius 2 is 1.33 bits per heavy atom. The molecule has 11 rings (SSSR count). The van der Waals surface area contributed by atoms with Crippen molar-refractivity contribution in [3.63, 3.8) is 0 Å². The van der Waals surface area contributed by atoms with Gasteiger partial charge in [0, 0.05) is 54.0 Å². The second kappa shape index (κ2) is 9.87. The van der Waals surface area contributed by atoms with Crippen LogP contribution in [0.1, 0.15) is 23.2 Å². The quantitative estimate of drug-likeness (QED) is 0.190. The summed E-state index contributed by atoms with van der Waals surface area (Å²) in [5.41, 5.74) is 15.4. The van der Waals surface area contributed by atoms with E-state index in [1.54, 1.807) is 0 Å². The summed E-state index contributed by atoms with van der Waals surface area (Å²) < 4.78 is 5.27. The third-order valence-electron chi connectivity index (χ3n) is 10.5. The second-order valence-electron chi connectivity index (χ2n) is 13.0. The van der Waals surface area contributed by atoms with Crippen molar-refractivity contribution >= 4 is 64.8 Å². The first-order valence-corrected chi connectivity index (χ1v) is 17.5. The molecule has 2 aliphatic rings. The Morgan fingerprint density at radius 3 is 2.27 bits per heavy atom. The molecule has 3 heterocycles. The van der Waals surface area contributed by atoms with Gasteiger partial charge in [-0.2, -0.15) is 0 Å². The second-order valence-corrected chi connectivity index (χ2v) is 14.1. The Balaban J connectivity index is 1.09. The molecule has 2 nitrogen and oxygen atoms in total. The smallest absolute Gasteiger partial charge is 0.0702 e. The lowest BCUT2D eigenvalue weighted by Crippen LogP contribution is -2.05. The van der Waals surface area contributed by atoms with Gasteiger partial charge in [-0.3, -0.25) is 4.98 Å². The Kier molecular flexibility index (Phi) is 5.41. The summed E-state index contributed by atoms with van der Waals surface area (Å²) in [6.07, 6.45) is 6.35. The fraction of sp³-hybridized carbons (Fsp3) is 0.0444. The average Bonchev–Trinajstić information content (AvgIpc) is 3.80. The van der Waals surface area contributed by atoms with E-state index in [0.717, 1.165) is 24.1 Å². The maximum atomic E-state index is 4.63. The van der Waals surface area contributed by atoms with E-state index in [-0.39, 0.29) is 0 Å². The van der Waals surface area contributed by atoms with Crippen LogP contribution in [0.3, 0.4) is 0 Å². The summed E-state index contributed by atoms with van der Waals surface area (Å²) in [7, 11) is 0. The monoisotopic (exact) mass is 628 g/mol. The Labute approximate surface area is 281 Å². The van der Waals surface area contributed by atoms with Crippen LogP contribution in [0, 0.1) is 0 Å². The zero-order valence-electron chi connectivity index (χ0n) is 26.1. The van der Waals surface area contributed by atoms with Crippen LogP contribution in [0.15, 0.2) is 140 Å². The van der Waals surface area contributed by atoms with E-state index in [2.05, 4.69) is 143 Å². The fourth-order valence-corrected chi connectivity index (χ4v) is 9.47. The van der Waals surface area contributed by atoms with E-state index >= 15 is 0 Å². The highest BCUT2D eigenvalue weighted by atomic mass is 32.1. The minimum absolute atomic E-state index is 0.995. The topological polar surface area (TPSA) is 17.8 Å². The number of aromatic nitrogens is 2. The van der Waals surface area contributed by atoms with Crippen LogP contribution in [-0.2, 0) is 6.42 Å². The van der Waals surface area contributed by atoms with Crippen molar-refractivity contribution in [2.75, 3.05) is 0 Å². The lowest BCUT2D eigenvalue weighted by atomic mass is 9.90. The molecule has 2 aliphatic carbocycles. The zero-order chi connectivity index (χ0) is 31.3. The molecular formula is C45H28N2S. The minimum atomic E-state index is 0.995. The molecule has 224 valence electrons. The zero-order valence-corrected chi connectivity index (χ0v) is 26.9. The molecule has 9 aromatic rings. The van der Waals surface area contributed by atoms with Gasteiger partial charge in [0.25, 0.3) is 0 Å². The van der Waals surface area contributed by atoms with Crippen molar-refractivity contribution in [2.45, 2.75) is 12.8 Å². The fourth-order valence-electron chi connectivity index (χ4n) is 8.38. The van der Waals surface area contributed by atoms with Crippen molar-refractivity contribution in [3.8, 4) is 39.2 Å². The molecule has 0 radical (unpaired) electrons. The molecule has 0 unspecified atom stereocenters. The number of hydrogen-bond acceptors (Lipinski definition) is 2. The van der Waals surface area contributed by atoms with Gasteiger partial charge in [-0.15, -0.1) is 11.3 Å². The largest absolute Gasteiger partial charge is 0.312 e. The number of hydrogen-bond donors (Lipinski definition) is 0. The van der Waals surface area contributed by atoms with Crippen LogP contribution in [0.25, 0.3) is 92.7 Å². The van der Waals surface area contributed by atoms with Gasteiger partial charge >= 0.3 is 0 Å². The minimum Gasteiger partial charge on any atom is -0.312 e. The summed E-state index contributed by atoms with van der Waals surface area (Å²) in [5.74, 6) is 0. The first-order chi connectivity index (χ1) is 23.8. The predicted octanol–water partition coefficient (Wildman–Crippen LogP) is 12.3. The standard InChI is InChI=1S/C45H28N2S/c1-3-13-40-31(8-1)37-24-27(28-17-22-44-38(25-28)32-9-2-4-14-43(32)48-44)16-20-42(37)47(40)41-21-19-34-30-18-15-29(39-12-5-6-23-46-39)26-36(30)33-10-7-11-35(41)45(33)34/h1-15,17-19,21-26H,16,20H2. The molecule has 0 bridgehead atoms. The van der Waals surface area contributed by atoms with Gasteiger partial charge in [-0.05, 0) is 106 Å². The van der Waals surface area contributed by atoms with Gasteiger partial charge in [0.15, 0.2) is 0 Å². The molecule has 0 amide bonds. The molecule has 3 aromatic heterocycles. The molecular weight excluding hydrogens is 601 g/mol. The molecule has 0 saturated carbocycles. The summed E-state index contributed by atoms with van der Waals surface area (Å²) in [5, 5.41) is 6.68. The average molecular weight is 629 g/mol. The molecule has 0 atom stereocenters. The molecule has 0 fully saturated rings. The maximum Gasteiger partial charge on any atom is 0.0702 e. The number of para-hydroxylation sites is 1. The lowest BCUT2D eigenvalue weighted by molar-refractivity contribution is 0.901. The molecule has 0 spiro atoms. The molecule has 48 heavy (non-hydrogen) atoms. The van der Waals surface area contributed by atoms with Crippen LogP contribution in [0.2, 0.25) is 0 Å². The highest BCUT2D eigenvalue weighted by Gasteiger charge is 2.27. The molecule has 0 saturated heterocycles. The highest BCUT2D eigenvalue weighted by Crippen LogP contribution is 2.50. The molecule has 6 aromatic carbocycles. The number of nitrogens with zero attached hydrogens (tertiary/aromatic N) is 2. The van der Waals surface area contributed by atoms with Gasteiger partial charge in [0.2, 0.25) is 0 Å². The first kappa shape index (κ1) is 26.3. The Bertz CT molecular complexity index is 2830. The summed E-state index contributed by atoms with van der Waals surface area (Å²) in [6, 6.07) is 49.3. The summed E-state index contributed by atoms with van der Waals surface area (Å²) in [6.45, 7) is 0. The van der Waals surface area contributed by atoms with Crippen molar-refractivity contribution in [3.05, 3.63) is 156 Å². The normalized spacial score (nSPS) is 13.4. The summed E-state index contributed by atoms with van der Waals surface area (Å²) in [4.78, 5) is 4.63. The van der Waals surface area contributed by atoms with Gasteiger partial charge in [0.05, 0.1) is 16.9 Å². The third-order valence-corrected chi connectivity index (χ3v) is 11.7. The summed E-state index contributed by atoms with van der Waals surface area (Å²) >= 11 is 1.89. The number of rotatable bonds is 3. The Morgan fingerprint density at radius 1 is 0.542 bits per heavy atom. The van der Waals surface area contributed by atoms with E-state index in [0.29, 0.717) is 0 Å². The van der Waals surface area contributed by atoms with Gasteiger partial charge in [0.1, 0.15) is 0 Å². The van der Waals surface area contributed by atoms with Gasteiger partial charge in [-0.25, -0.2) is 0 Å². The van der Waals surface area contributed by atoms with E-state index in [4.69, 9.17) is 0 Å². The molecule has 0 N–H and O–H groups in total. The third kappa shape index (κ3) is 3.65. The maximum absolute atomic E-state index is 4.63. The van der Waals surface area contributed by atoms with Gasteiger partial charge in [-0.1, -0.05) is 84.9 Å². The number of benzene rings is 6. The molecule has 0 aliphatic heterocycles. The van der Waals surface area contributed by atoms with Crippen molar-refractivity contribution in [1.82, 2.24) is 9.55 Å². The van der Waals surface area contributed by atoms with Crippen LogP contribution >= 0.6 is 11.3 Å². The van der Waals surface area contributed by atoms with Crippen molar-refractivity contribution < 1.29 is 0 Å². The number of fused-ring (bicyclic) bond motifs is 9. The predicted molar refractivity (Wildman–Crippen MR) is 204 cm³/mol. The van der Waals surface area contributed by atoms with Crippen LogP contribution in [0.4, 0.5) is 0 Å². The lowest BCUT2D eigenvalue weighted by Gasteiger charge is -2.19. The Hall–Kier alpha value is -5.77. The van der Waals surface area contributed by atoms with Gasteiger partial charge < -0.3 is 4.57 Å². The van der Waals surface area contributed by atoms with E-state index in [1.165, 1.54) is 92.2 Å². The first-order valence-electron chi connectivity index (χ1n) is 16.7. The van der Waals surface area contributed by atoms with E-state index in [1.807, 2.05) is 23.6 Å².